The number of nitrogens with zero attached hydrogens (tertiary/aromatic N) is 3. The molecular weight excluding hydrogens is 420 g/mol. The third-order valence-corrected chi connectivity index (χ3v) is 6.49. The molecule has 0 spiro atoms. The predicted octanol–water partition coefficient (Wildman–Crippen LogP) is 3.92. The highest BCUT2D eigenvalue weighted by atomic mass is 35.5. The van der Waals surface area contributed by atoms with Gasteiger partial charge in [-0.2, -0.15) is 5.10 Å². The highest BCUT2D eigenvalue weighted by Crippen LogP contribution is 2.36. The van der Waals surface area contributed by atoms with E-state index in [4.69, 9.17) is 17.3 Å². The van der Waals surface area contributed by atoms with Gasteiger partial charge in [0.1, 0.15) is 16.1 Å². The lowest BCUT2D eigenvalue weighted by molar-refractivity contribution is -0.0674. The maximum atomic E-state index is 14.2. The normalized spacial score (nSPS) is 21.4. The molecule has 3 aromatic heterocycles. The van der Waals surface area contributed by atoms with Gasteiger partial charge in [0.15, 0.2) is 5.01 Å². The topological polar surface area (TPSA) is 85.3 Å². The van der Waals surface area contributed by atoms with Crippen molar-refractivity contribution in [2.45, 2.75) is 50.6 Å². The van der Waals surface area contributed by atoms with Gasteiger partial charge in [0.25, 0.3) is 11.8 Å². The Kier molecular flexibility index (Phi) is 5.30. The van der Waals surface area contributed by atoms with E-state index in [0.717, 1.165) is 28.8 Å². The van der Waals surface area contributed by atoms with Crippen molar-refractivity contribution in [2.24, 2.45) is 5.73 Å². The number of hydrogen-bond donors (Lipinski definition) is 2. The number of amides is 1. The van der Waals surface area contributed by atoms with Crippen LogP contribution in [0.25, 0.3) is 16.8 Å². The van der Waals surface area contributed by atoms with Crippen molar-refractivity contribution >= 4 is 34.4 Å². The van der Waals surface area contributed by atoms with E-state index in [1.807, 2.05) is 18.3 Å². The molecule has 1 aliphatic rings. The fourth-order valence-electron chi connectivity index (χ4n) is 3.61. The van der Waals surface area contributed by atoms with Crippen molar-refractivity contribution in [3.63, 3.8) is 0 Å². The van der Waals surface area contributed by atoms with E-state index >= 15 is 0 Å². The predicted molar refractivity (Wildman–Crippen MR) is 109 cm³/mol. The number of nitrogens with one attached hydrogen (secondary N) is 1. The van der Waals surface area contributed by atoms with Crippen LogP contribution in [0, 0.1) is 0 Å². The average Bonchev–Trinajstić information content (AvgIpc) is 3.27. The molecule has 2 atom stereocenters. The van der Waals surface area contributed by atoms with Gasteiger partial charge in [0, 0.05) is 24.2 Å². The Morgan fingerprint density at radius 1 is 1.48 bits per heavy atom. The summed E-state index contributed by atoms with van der Waals surface area (Å²) in [6.07, 6.45) is 4.90. The molecular formula is C19H20ClF2N5OS. The number of hydrogen-bond acceptors (Lipinski definition) is 5. The first-order valence-corrected chi connectivity index (χ1v) is 10.6. The molecule has 3 N–H and O–H groups in total. The molecule has 1 aliphatic carbocycles. The molecule has 29 heavy (non-hydrogen) atoms. The van der Waals surface area contributed by atoms with Crippen LogP contribution in [0.3, 0.4) is 0 Å². The van der Waals surface area contributed by atoms with E-state index in [2.05, 4.69) is 22.3 Å². The number of aryl methyl sites for hydroxylation is 1. The van der Waals surface area contributed by atoms with Gasteiger partial charge >= 0.3 is 0 Å². The van der Waals surface area contributed by atoms with Gasteiger partial charge < -0.3 is 11.1 Å². The van der Waals surface area contributed by atoms with Gasteiger partial charge in [-0.1, -0.05) is 35.9 Å². The molecule has 0 bridgehead atoms. The molecule has 10 heteroatoms. The lowest BCUT2D eigenvalue weighted by atomic mass is 9.87. The summed E-state index contributed by atoms with van der Waals surface area (Å²) in [4.78, 5) is 16.9. The van der Waals surface area contributed by atoms with E-state index < -0.39 is 23.9 Å². The molecule has 0 aromatic carbocycles. The third kappa shape index (κ3) is 3.74. The number of rotatable bonds is 4. The minimum atomic E-state index is -3.05. The summed E-state index contributed by atoms with van der Waals surface area (Å²) in [5.41, 5.74) is 8.83. The number of alkyl halides is 2. The Hall–Kier alpha value is -2.10. The molecule has 6 nitrogen and oxygen atoms in total. The Morgan fingerprint density at radius 2 is 2.28 bits per heavy atom. The number of thiazole rings is 1. The van der Waals surface area contributed by atoms with Crippen LogP contribution >= 0.6 is 22.9 Å². The van der Waals surface area contributed by atoms with Crippen LogP contribution in [-0.4, -0.2) is 38.5 Å². The van der Waals surface area contributed by atoms with Crippen LogP contribution in [0.4, 0.5) is 8.78 Å². The minimum absolute atomic E-state index is 0.0168. The first kappa shape index (κ1) is 20.2. The smallest absolute Gasteiger partial charge is 0.280 e. The lowest BCUT2D eigenvalue weighted by Gasteiger charge is -2.36. The summed E-state index contributed by atoms with van der Waals surface area (Å²) in [7, 11) is 0. The molecule has 1 saturated carbocycles. The second kappa shape index (κ2) is 7.62. The van der Waals surface area contributed by atoms with Gasteiger partial charge in [0.2, 0.25) is 0 Å². The van der Waals surface area contributed by atoms with Crippen molar-refractivity contribution in [3.05, 3.63) is 39.4 Å². The number of carbonyl (C=O) groups excluding carboxylic acids is 1. The zero-order chi connectivity index (χ0) is 20.8. The third-order valence-electron chi connectivity index (χ3n) is 5.24. The minimum Gasteiger partial charge on any atom is -0.340 e. The van der Waals surface area contributed by atoms with Gasteiger partial charge in [-0.3, -0.25) is 4.79 Å². The van der Waals surface area contributed by atoms with Crippen molar-refractivity contribution in [1.82, 2.24) is 19.9 Å². The molecule has 3 heterocycles. The molecule has 1 amide bonds. The molecule has 0 unspecified atom stereocenters. The zero-order valence-corrected chi connectivity index (χ0v) is 17.2. The Bertz CT molecular complexity index is 1070. The molecule has 0 aliphatic heterocycles. The SMILES string of the molecule is CCc1ccc2c(-c3nc(C(=O)N[C@@H]4[C@@H](N)CCCC4(F)F)sc3Cl)cnn2c1. The van der Waals surface area contributed by atoms with Gasteiger partial charge in [-0.05, 0) is 30.9 Å². The highest BCUT2D eigenvalue weighted by Gasteiger charge is 2.46. The first-order valence-electron chi connectivity index (χ1n) is 9.37. The maximum absolute atomic E-state index is 14.2. The summed E-state index contributed by atoms with van der Waals surface area (Å²) in [6, 6.07) is 1.68. The number of pyridine rings is 1. The van der Waals surface area contributed by atoms with Gasteiger partial charge in [-0.15, -0.1) is 0 Å². The standard InChI is InChI=1S/C19H20ClF2N5OS/c1-2-10-5-6-13-11(8-24-27(13)9-10)14-16(20)29-18(25-14)17(28)26-15-12(23)4-3-7-19(15,21)22/h5-6,8-9,12,15H,2-4,7,23H2,1H3,(H,26,28)/t12-,15+/m0/s1. The van der Waals surface area contributed by atoms with Gasteiger partial charge in [-0.25, -0.2) is 18.3 Å². The monoisotopic (exact) mass is 439 g/mol. The quantitative estimate of drug-likeness (QED) is 0.645. The van der Waals surface area contributed by atoms with Crippen molar-refractivity contribution in [2.75, 3.05) is 0 Å². The van der Waals surface area contributed by atoms with Crippen LogP contribution in [0.15, 0.2) is 24.5 Å². The summed E-state index contributed by atoms with van der Waals surface area (Å²) in [5, 5.41) is 6.71. The van der Waals surface area contributed by atoms with Crippen molar-refractivity contribution in [1.29, 1.82) is 0 Å². The summed E-state index contributed by atoms with van der Waals surface area (Å²) in [6.45, 7) is 2.05. The van der Waals surface area contributed by atoms with Gasteiger partial charge in [0.05, 0.1) is 11.7 Å². The Morgan fingerprint density at radius 3 is 3.00 bits per heavy atom. The van der Waals surface area contributed by atoms with E-state index in [9.17, 15) is 13.6 Å². The van der Waals surface area contributed by atoms with Crippen LogP contribution in [0.5, 0.6) is 0 Å². The van der Waals surface area contributed by atoms with E-state index in [1.54, 1.807) is 10.7 Å². The highest BCUT2D eigenvalue weighted by molar-refractivity contribution is 7.18. The zero-order valence-electron chi connectivity index (χ0n) is 15.7. The number of aromatic nitrogens is 3. The second-order valence-corrected chi connectivity index (χ2v) is 8.79. The molecule has 1 fully saturated rings. The van der Waals surface area contributed by atoms with Crippen LogP contribution < -0.4 is 11.1 Å². The van der Waals surface area contributed by atoms with E-state index in [0.29, 0.717) is 28.4 Å². The molecule has 0 saturated heterocycles. The van der Waals surface area contributed by atoms with Crippen molar-refractivity contribution in [3.8, 4) is 11.3 Å². The summed E-state index contributed by atoms with van der Waals surface area (Å²) < 4.78 is 30.4. The Labute approximate surface area is 175 Å². The number of fused-ring (bicyclic) bond motifs is 1. The molecule has 3 aromatic rings. The number of nitrogens with two attached hydrogens (primary N) is 1. The summed E-state index contributed by atoms with van der Waals surface area (Å²) >= 11 is 7.28. The molecule has 0 radical (unpaired) electrons. The Balaban J connectivity index is 1.62. The fraction of sp³-hybridized carbons (Fsp3) is 0.421. The number of halogens is 3. The number of carbonyl (C=O) groups is 1. The lowest BCUT2D eigenvalue weighted by Crippen LogP contribution is -2.59. The first-order chi connectivity index (χ1) is 13.8. The van der Waals surface area contributed by atoms with Crippen molar-refractivity contribution < 1.29 is 13.6 Å². The second-order valence-electron chi connectivity index (χ2n) is 7.19. The fourth-order valence-corrected chi connectivity index (χ4v) is 4.68. The molecule has 4 rings (SSSR count). The van der Waals surface area contributed by atoms with Crippen LogP contribution in [0.1, 0.15) is 41.6 Å². The van der Waals surface area contributed by atoms with Crippen LogP contribution in [0.2, 0.25) is 4.34 Å². The van der Waals surface area contributed by atoms with E-state index in [1.165, 1.54) is 0 Å². The molecule has 154 valence electrons. The maximum Gasteiger partial charge on any atom is 0.280 e. The summed E-state index contributed by atoms with van der Waals surface area (Å²) in [5.74, 6) is -3.74. The average molecular weight is 440 g/mol. The largest absolute Gasteiger partial charge is 0.340 e. The van der Waals surface area contributed by atoms with Crippen LogP contribution in [-0.2, 0) is 6.42 Å². The van der Waals surface area contributed by atoms with E-state index in [-0.39, 0.29) is 11.4 Å².